The average Bonchev–Trinajstić information content (AvgIpc) is 2.96. The third-order valence-electron chi connectivity index (χ3n) is 4.41. The minimum Gasteiger partial charge on any atom is -0.481 e. The Bertz CT molecular complexity index is 962. The smallest absolute Gasteiger partial charge is 0.308 e. The molecular weight excluding hydrogens is 330 g/mol. The van der Waals surface area contributed by atoms with Gasteiger partial charge in [0.2, 0.25) is 0 Å². The number of hydrogen-bond acceptors (Lipinski definition) is 3. The zero-order valence-electron chi connectivity index (χ0n) is 14.8. The van der Waals surface area contributed by atoms with Crippen LogP contribution in [0.1, 0.15) is 21.6 Å². The van der Waals surface area contributed by atoms with Crippen LogP contribution in [0.4, 0.5) is 0 Å². The molecule has 6 heteroatoms. The van der Waals surface area contributed by atoms with Gasteiger partial charge in [-0.05, 0) is 29.7 Å². The van der Waals surface area contributed by atoms with E-state index in [2.05, 4.69) is 10.4 Å². The van der Waals surface area contributed by atoms with Gasteiger partial charge in [0, 0.05) is 19.8 Å². The summed E-state index contributed by atoms with van der Waals surface area (Å²) in [6.07, 6.45) is 1.98. The first-order valence-corrected chi connectivity index (χ1v) is 8.43. The van der Waals surface area contributed by atoms with Crippen LogP contribution >= 0.6 is 0 Å². The highest BCUT2D eigenvalue weighted by atomic mass is 16.4. The molecule has 0 saturated carbocycles. The molecule has 0 unspecified atom stereocenters. The summed E-state index contributed by atoms with van der Waals surface area (Å²) < 4.78 is 1.56. The van der Waals surface area contributed by atoms with Gasteiger partial charge in [-0.2, -0.15) is 5.10 Å². The maximum absolute atomic E-state index is 12.3. The molecule has 0 aliphatic heterocycles. The Kier molecular flexibility index (Phi) is 5.02. The molecule has 0 fully saturated rings. The molecule has 0 aliphatic carbocycles. The van der Waals surface area contributed by atoms with Crippen molar-refractivity contribution in [3.63, 3.8) is 0 Å². The monoisotopic (exact) mass is 351 g/mol. The third kappa shape index (κ3) is 3.91. The normalized spacial score (nSPS) is 12.1. The van der Waals surface area contributed by atoms with Gasteiger partial charge in [-0.3, -0.25) is 14.3 Å². The molecule has 3 rings (SSSR count). The second-order valence-corrected chi connectivity index (χ2v) is 6.43. The van der Waals surface area contributed by atoms with Crippen LogP contribution in [0, 0.1) is 12.8 Å². The molecule has 1 heterocycles. The molecule has 26 heavy (non-hydrogen) atoms. The van der Waals surface area contributed by atoms with Crippen LogP contribution in [0.2, 0.25) is 0 Å². The zero-order valence-corrected chi connectivity index (χ0v) is 14.8. The minimum absolute atomic E-state index is 0.0648. The maximum atomic E-state index is 12.3. The molecule has 0 spiro atoms. The molecule has 0 saturated heterocycles. The van der Waals surface area contributed by atoms with E-state index in [1.54, 1.807) is 24.9 Å². The fourth-order valence-electron chi connectivity index (χ4n) is 3.03. The molecule has 1 amide bonds. The molecule has 0 radical (unpaired) electrons. The lowest BCUT2D eigenvalue weighted by Gasteiger charge is -2.14. The Morgan fingerprint density at radius 2 is 1.92 bits per heavy atom. The quantitative estimate of drug-likeness (QED) is 0.715. The average molecular weight is 351 g/mol. The summed E-state index contributed by atoms with van der Waals surface area (Å²) in [5, 5.41) is 18.6. The van der Waals surface area contributed by atoms with Gasteiger partial charge in [-0.25, -0.2) is 0 Å². The number of nitrogens with zero attached hydrogens (tertiary/aromatic N) is 2. The Morgan fingerprint density at radius 1 is 1.19 bits per heavy atom. The van der Waals surface area contributed by atoms with Gasteiger partial charge in [-0.1, -0.05) is 42.5 Å². The molecule has 3 aromatic rings. The van der Waals surface area contributed by atoms with Crippen LogP contribution in [0.5, 0.6) is 0 Å². The van der Waals surface area contributed by atoms with Gasteiger partial charge in [0.25, 0.3) is 5.91 Å². The largest absolute Gasteiger partial charge is 0.481 e. The molecule has 6 nitrogen and oxygen atoms in total. The highest BCUT2D eigenvalue weighted by Gasteiger charge is 2.21. The second-order valence-electron chi connectivity index (χ2n) is 6.43. The van der Waals surface area contributed by atoms with Crippen LogP contribution in [0.25, 0.3) is 10.8 Å². The highest BCUT2D eigenvalue weighted by molar-refractivity contribution is 5.95. The van der Waals surface area contributed by atoms with E-state index in [1.165, 1.54) is 0 Å². The van der Waals surface area contributed by atoms with Crippen LogP contribution in [0.3, 0.4) is 0 Å². The lowest BCUT2D eigenvalue weighted by molar-refractivity contribution is -0.141. The number of aliphatic carboxylic acids is 1. The van der Waals surface area contributed by atoms with Gasteiger partial charge >= 0.3 is 5.97 Å². The number of carbonyl (C=O) groups excluding carboxylic acids is 1. The predicted octanol–water partition coefficient (Wildman–Crippen LogP) is 2.56. The zero-order chi connectivity index (χ0) is 18.7. The van der Waals surface area contributed by atoms with Crippen LogP contribution in [0.15, 0.2) is 48.7 Å². The highest BCUT2D eigenvalue weighted by Crippen LogP contribution is 2.18. The number of carboxylic acids is 1. The van der Waals surface area contributed by atoms with Gasteiger partial charge in [0.15, 0.2) is 0 Å². The second kappa shape index (κ2) is 7.39. The van der Waals surface area contributed by atoms with Crippen molar-refractivity contribution in [1.82, 2.24) is 15.1 Å². The number of hydrogen-bond donors (Lipinski definition) is 2. The Morgan fingerprint density at radius 3 is 2.58 bits per heavy atom. The number of aromatic nitrogens is 2. The van der Waals surface area contributed by atoms with Crippen molar-refractivity contribution < 1.29 is 14.7 Å². The van der Waals surface area contributed by atoms with E-state index in [9.17, 15) is 14.7 Å². The van der Waals surface area contributed by atoms with E-state index in [-0.39, 0.29) is 12.5 Å². The minimum atomic E-state index is -0.929. The Labute approximate surface area is 151 Å². The SMILES string of the molecule is Cc1nn(C)cc1C(=O)NC[C@H](Cc1ccc2ccccc2c1)C(=O)O. The van der Waals surface area contributed by atoms with E-state index >= 15 is 0 Å². The summed E-state index contributed by atoms with van der Waals surface area (Å²) in [5.74, 6) is -1.93. The summed E-state index contributed by atoms with van der Waals surface area (Å²) >= 11 is 0. The lowest BCUT2D eigenvalue weighted by atomic mass is 9.97. The standard InChI is InChI=1S/C20H21N3O3/c1-13-18(12-23(2)22-13)19(24)21-11-17(20(25)26)10-14-7-8-15-5-3-4-6-16(15)9-14/h3-9,12,17H,10-11H2,1-2H3,(H,21,24)(H,25,26)/t17-/m0/s1. The van der Waals surface area contributed by atoms with E-state index < -0.39 is 11.9 Å². The fourth-order valence-corrected chi connectivity index (χ4v) is 3.03. The summed E-state index contributed by atoms with van der Waals surface area (Å²) in [6.45, 7) is 1.81. The summed E-state index contributed by atoms with van der Waals surface area (Å²) in [7, 11) is 1.74. The number of nitrogens with one attached hydrogen (secondary N) is 1. The summed E-state index contributed by atoms with van der Waals surface area (Å²) in [5.41, 5.74) is 2.01. The number of carbonyl (C=O) groups is 2. The van der Waals surface area contributed by atoms with E-state index in [1.807, 2.05) is 42.5 Å². The Balaban J connectivity index is 1.69. The van der Waals surface area contributed by atoms with E-state index in [0.29, 0.717) is 17.7 Å². The molecule has 0 bridgehead atoms. The number of aryl methyl sites for hydroxylation is 2. The molecular formula is C20H21N3O3. The van der Waals surface area contributed by atoms with E-state index in [0.717, 1.165) is 16.3 Å². The molecule has 1 atom stereocenters. The topological polar surface area (TPSA) is 84.2 Å². The molecule has 134 valence electrons. The first-order valence-electron chi connectivity index (χ1n) is 8.43. The number of amides is 1. The predicted molar refractivity (Wildman–Crippen MR) is 99.1 cm³/mol. The van der Waals surface area contributed by atoms with Gasteiger partial charge < -0.3 is 10.4 Å². The van der Waals surface area contributed by atoms with Crippen molar-refractivity contribution in [2.45, 2.75) is 13.3 Å². The van der Waals surface area contributed by atoms with Crippen molar-refractivity contribution in [3.8, 4) is 0 Å². The molecule has 2 N–H and O–H groups in total. The fraction of sp³-hybridized carbons (Fsp3) is 0.250. The maximum Gasteiger partial charge on any atom is 0.308 e. The van der Waals surface area contributed by atoms with Gasteiger partial charge in [0.1, 0.15) is 0 Å². The summed E-state index contributed by atoms with van der Waals surface area (Å²) in [6, 6.07) is 13.9. The third-order valence-corrected chi connectivity index (χ3v) is 4.41. The van der Waals surface area contributed by atoms with Crippen molar-refractivity contribution in [1.29, 1.82) is 0 Å². The molecule has 1 aromatic heterocycles. The number of rotatable bonds is 6. The lowest BCUT2D eigenvalue weighted by Crippen LogP contribution is -2.34. The van der Waals surface area contributed by atoms with Gasteiger partial charge in [-0.15, -0.1) is 0 Å². The van der Waals surface area contributed by atoms with Crippen molar-refractivity contribution in [3.05, 3.63) is 65.5 Å². The first kappa shape index (κ1) is 17.7. The summed E-state index contributed by atoms with van der Waals surface area (Å²) in [4.78, 5) is 23.9. The molecule has 0 aliphatic rings. The first-order chi connectivity index (χ1) is 12.4. The number of carboxylic acid groups (broad SMARTS) is 1. The van der Waals surface area contributed by atoms with Crippen molar-refractivity contribution in [2.24, 2.45) is 13.0 Å². The van der Waals surface area contributed by atoms with Crippen molar-refractivity contribution in [2.75, 3.05) is 6.54 Å². The molecule has 2 aromatic carbocycles. The number of benzene rings is 2. The van der Waals surface area contributed by atoms with Crippen LogP contribution in [-0.2, 0) is 18.3 Å². The van der Waals surface area contributed by atoms with E-state index in [4.69, 9.17) is 0 Å². The Hall–Kier alpha value is -3.15. The van der Waals surface area contributed by atoms with Gasteiger partial charge in [0.05, 0.1) is 17.2 Å². The van der Waals surface area contributed by atoms with Crippen LogP contribution < -0.4 is 5.32 Å². The van der Waals surface area contributed by atoms with Crippen LogP contribution in [-0.4, -0.2) is 33.3 Å². The number of fused-ring (bicyclic) bond motifs is 1. The van der Waals surface area contributed by atoms with Crippen molar-refractivity contribution >= 4 is 22.6 Å².